The maximum absolute atomic E-state index is 12.6. The fraction of sp³-hybridized carbons (Fsp3) is 0.467. The van der Waals surface area contributed by atoms with Crippen molar-refractivity contribution in [2.24, 2.45) is 5.73 Å². The lowest BCUT2D eigenvalue weighted by Crippen LogP contribution is -2.48. The van der Waals surface area contributed by atoms with Crippen molar-refractivity contribution >= 4 is 21.9 Å². The van der Waals surface area contributed by atoms with Gasteiger partial charge >= 0.3 is 5.97 Å². The largest absolute Gasteiger partial charge is 0.481 e. The molecule has 0 aromatic heterocycles. The van der Waals surface area contributed by atoms with Crippen LogP contribution in [0.15, 0.2) is 29.2 Å². The van der Waals surface area contributed by atoms with Crippen LogP contribution in [0.25, 0.3) is 0 Å². The first-order valence-electron chi connectivity index (χ1n) is 7.44. The minimum atomic E-state index is -4.10. The van der Waals surface area contributed by atoms with Crippen molar-refractivity contribution in [1.82, 2.24) is 4.31 Å². The zero-order valence-electron chi connectivity index (χ0n) is 13.4. The zero-order chi connectivity index (χ0) is 18.3. The van der Waals surface area contributed by atoms with Crippen LogP contribution >= 0.6 is 0 Å². The molecule has 24 heavy (non-hydrogen) atoms. The van der Waals surface area contributed by atoms with Crippen LogP contribution in [0, 0.1) is 6.92 Å². The monoisotopic (exact) mass is 358 g/mol. The van der Waals surface area contributed by atoms with Crippen LogP contribution in [-0.2, 0) is 19.6 Å². The Kier molecular flexibility index (Phi) is 7.33. The third-order valence-electron chi connectivity index (χ3n) is 3.42. The second-order valence-electron chi connectivity index (χ2n) is 5.41. The number of hydrogen-bond acceptors (Lipinski definition) is 5. The second-order valence-corrected chi connectivity index (χ2v) is 7.30. The van der Waals surface area contributed by atoms with E-state index in [1.54, 1.807) is 19.1 Å². The van der Waals surface area contributed by atoms with Gasteiger partial charge in [-0.25, -0.2) is 8.42 Å². The van der Waals surface area contributed by atoms with E-state index in [1.807, 2.05) is 0 Å². The van der Waals surface area contributed by atoms with Crippen molar-refractivity contribution in [3.8, 4) is 0 Å². The highest BCUT2D eigenvalue weighted by Gasteiger charge is 2.33. The topological polar surface area (TPSA) is 138 Å². The number of aliphatic hydroxyl groups is 1. The Labute approximate surface area is 140 Å². The van der Waals surface area contributed by atoms with Gasteiger partial charge in [0.05, 0.1) is 4.90 Å². The average molecular weight is 358 g/mol. The minimum Gasteiger partial charge on any atom is -0.481 e. The molecule has 0 aliphatic carbocycles. The van der Waals surface area contributed by atoms with Gasteiger partial charge in [0, 0.05) is 13.0 Å². The molecule has 0 aliphatic heterocycles. The summed E-state index contributed by atoms with van der Waals surface area (Å²) in [4.78, 5) is 21.6. The number of nitrogens with two attached hydrogens (primary N) is 1. The average Bonchev–Trinajstić information content (AvgIpc) is 2.50. The number of carbonyl (C=O) groups excluding carboxylic acids is 1. The van der Waals surface area contributed by atoms with Crippen molar-refractivity contribution in [1.29, 1.82) is 0 Å². The number of aliphatic hydroxyl groups excluding tert-OH is 1. The lowest BCUT2D eigenvalue weighted by Gasteiger charge is -2.25. The second kappa shape index (κ2) is 8.76. The fourth-order valence-corrected chi connectivity index (χ4v) is 3.57. The van der Waals surface area contributed by atoms with Crippen molar-refractivity contribution in [3.63, 3.8) is 0 Å². The first kappa shape index (κ1) is 20.1. The Hall–Kier alpha value is -1.97. The van der Waals surface area contributed by atoms with Crippen LogP contribution in [0.2, 0.25) is 0 Å². The number of aliphatic carboxylic acids is 1. The zero-order valence-corrected chi connectivity index (χ0v) is 14.2. The van der Waals surface area contributed by atoms with Crippen LogP contribution in [0.3, 0.4) is 0 Å². The lowest BCUT2D eigenvalue weighted by atomic mass is 10.2. The van der Waals surface area contributed by atoms with Crippen molar-refractivity contribution < 1.29 is 28.2 Å². The first-order chi connectivity index (χ1) is 11.2. The Morgan fingerprint density at radius 1 is 1.17 bits per heavy atom. The van der Waals surface area contributed by atoms with E-state index in [1.165, 1.54) is 12.1 Å². The number of carbonyl (C=O) groups is 2. The van der Waals surface area contributed by atoms with Crippen LogP contribution in [-0.4, -0.2) is 47.6 Å². The number of rotatable bonds is 10. The third kappa shape index (κ3) is 5.59. The van der Waals surface area contributed by atoms with E-state index in [0.717, 1.165) is 5.56 Å². The molecule has 1 unspecified atom stereocenters. The minimum absolute atomic E-state index is 0.0247. The van der Waals surface area contributed by atoms with Crippen LogP contribution < -0.4 is 5.73 Å². The van der Waals surface area contributed by atoms with Crippen LogP contribution in [0.5, 0.6) is 0 Å². The molecule has 0 saturated carbocycles. The number of aryl methyl sites for hydroxylation is 1. The van der Waals surface area contributed by atoms with Gasteiger partial charge < -0.3 is 15.9 Å². The summed E-state index contributed by atoms with van der Waals surface area (Å²) in [5, 5.41) is 18.4. The number of hydrogen-bond donors (Lipinski definition) is 3. The van der Waals surface area contributed by atoms with E-state index >= 15 is 0 Å². The van der Waals surface area contributed by atoms with Crippen LogP contribution in [0.1, 0.15) is 31.2 Å². The molecule has 1 amide bonds. The number of primary amides is 1. The standard InChI is InChI=1S/C15H22N2O6S/c1-11-6-8-12(9-7-11)24(22,23)17(15(21)14(16)20)10-4-2-3-5-13(18)19/h6-9,15,21H,2-5,10H2,1H3,(H2,16,20)(H,18,19). The summed E-state index contributed by atoms with van der Waals surface area (Å²) in [5.41, 5.74) is 5.90. The van der Waals surface area contributed by atoms with E-state index in [-0.39, 0.29) is 17.9 Å². The van der Waals surface area contributed by atoms with Crippen LogP contribution in [0.4, 0.5) is 0 Å². The van der Waals surface area contributed by atoms with Gasteiger partial charge in [0.2, 0.25) is 16.3 Å². The molecule has 1 aromatic carbocycles. The number of carboxylic acids is 1. The molecule has 0 radical (unpaired) electrons. The van der Waals surface area contributed by atoms with Gasteiger partial charge in [0.15, 0.2) is 0 Å². The molecular weight excluding hydrogens is 336 g/mol. The normalized spacial score (nSPS) is 13.0. The van der Waals surface area contributed by atoms with Crippen molar-refractivity contribution in [3.05, 3.63) is 29.8 Å². The van der Waals surface area contributed by atoms with Crippen molar-refractivity contribution in [2.45, 2.75) is 43.7 Å². The highest BCUT2D eigenvalue weighted by atomic mass is 32.2. The quantitative estimate of drug-likeness (QED) is 0.410. The van der Waals surface area contributed by atoms with E-state index in [0.29, 0.717) is 23.6 Å². The smallest absolute Gasteiger partial charge is 0.303 e. The number of nitrogens with zero attached hydrogens (tertiary/aromatic N) is 1. The number of carboxylic acid groups (broad SMARTS) is 1. The summed E-state index contributed by atoms with van der Waals surface area (Å²) in [6, 6.07) is 5.98. The Bertz CT molecular complexity index is 672. The summed E-state index contributed by atoms with van der Waals surface area (Å²) in [7, 11) is -4.10. The van der Waals surface area contributed by atoms with E-state index in [4.69, 9.17) is 10.8 Å². The van der Waals surface area contributed by atoms with Crippen molar-refractivity contribution in [2.75, 3.05) is 6.54 Å². The Morgan fingerprint density at radius 3 is 2.25 bits per heavy atom. The summed E-state index contributed by atoms with van der Waals surface area (Å²) in [6.07, 6.45) is -0.889. The molecule has 1 aromatic rings. The van der Waals surface area contributed by atoms with E-state index in [2.05, 4.69) is 0 Å². The molecular formula is C15H22N2O6S. The molecule has 0 aliphatic rings. The highest BCUT2D eigenvalue weighted by Crippen LogP contribution is 2.19. The summed E-state index contributed by atoms with van der Waals surface area (Å²) in [5.74, 6) is -2.10. The summed E-state index contributed by atoms with van der Waals surface area (Å²) < 4.78 is 25.9. The van der Waals surface area contributed by atoms with Gasteiger partial charge in [0.25, 0.3) is 5.91 Å². The predicted octanol–water partition coefficient (Wildman–Crippen LogP) is 0.434. The molecule has 134 valence electrons. The molecule has 9 heteroatoms. The van der Waals surface area contributed by atoms with Gasteiger partial charge in [-0.1, -0.05) is 24.1 Å². The number of benzene rings is 1. The molecule has 4 N–H and O–H groups in total. The SMILES string of the molecule is Cc1ccc(S(=O)(=O)N(CCCCCC(=O)O)C(O)C(N)=O)cc1. The van der Waals surface area contributed by atoms with Gasteiger partial charge in [-0.3, -0.25) is 9.59 Å². The molecule has 0 bridgehead atoms. The summed E-state index contributed by atoms with van der Waals surface area (Å²) >= 11 is 0. The van der Waals surface area contributed by atoms with E-state index < -0.39 is 28.1 Å². The molecule has 0 spiro atoms. The molecule has 1 rings (SSSR count). The summed E-state index contributed by atoms with van der Waals surface area (Å²) in [6.45, 7) is 1.66. The molecule has 0 heterocycles. The molecule has 0 saturated heterocycles. The van der Waals surface area contributed by atoms with Gasteiger partial charge in [-0.05, 0) is 31.9 Å². The highest BCUT2D eigenvalue weighted by molar-refractivity contribution is 7.89. The maximum atomic E-state index is 12.6. The number of unbranched alkanes of at least 4 members (excludes halogenated alkanes) is 2. The number of sulfonamides is 1. The Balaban J connectivity index is 2.90. The van der Waals surface area contributed by atoms with Gasteiger partial charge in [0.1, 0.15) is 0 Å². The Morgan fingerprint density at radius 2 is 1.75 bits per heavy atom. The van der Waals surface area contributed by atoms with E-state index in [9.17, 15) is 23.1 Å². The molecule has 1 atom stereocenters. The predicted molar refractivity (Wildman–Crippen MR) is 86.4 cm³/mol. The molecule has 0 fully saturated rings. The third-order valence-corrected chi connectivity index (χ3v) is 5.29. The maximum Gasteiger partial charge on any atom is 0.303 e. The lowest BCUT2D eigenvalue weighted by molar-refractivity contribution is -0.137. The fourth-order valence-electron chi connectivity index (χ4n) is 2.08. The van der Waals surface area contributed by atoms with Gasteiger partial charge in [-0.15, -0.1) is 0 Å². The molecule has 8 nitrogen and oxygen atoms in total. The van der Waals surface area contributed by atoms with Gasteiger partial charge in [-0.2, -0.15) is 4.31 Å². The number of amides is 1. The first-order valence-corrected chi connectivity index (χ1v) is 8.88.